The number of piperazine rings is 1. The summed E-state index contributed by atoms with van der Waals surface area (Å²) in [5.74, 6) is 0.415. The van der Waals surface area contributed by atoms with Crippen LogP contribution in [-0.2, 0) is 9.59 Å². The highest BCUT2D eigenvalue weighted by molar-refractivity contribution is 5.79. The van der Waals surface area contributed by atoms with E-state index in [1.807, 2.05) is 9.80 Å². The number of nitrogens with zero attached hydrogens (tertiary/aromatic N) is 4. The summed E-state index contributed by atoms with van der Waals surface area (Å²) in [7, 11) is 0. The van der Waals surface area contributed by atoms with Crippen LogP contribution in [0.15, 0.2) is 0 Å². The molecule has 7 heteroatoms. The first-order chi connectivity index (χ1) is 12.7. The molecule has 0 radical (unpaired) electrons. The van der Waals surface area contributed by atoms with Crippen molar-refractivity contribution in [1.82, 2.24) is 19.6 Å². The Morgan fingerprint density at radius 2 is 1.69 bits per heavy atom. The van der Waals surface area contributed by atoms with Crippen molar-refractivity contribution in [2.24, 2.45) is 0 Å². The lowest BCUT2D eigenvalue weighted by Crippen LogP contribution is -2.54. The topological polar surface area (TPSA) is 67.3 Å². The monoisotopic (exact) mass is 366 g/mol. The number of hydrogen-bond donors (Lipinski definition) is 1. The fourth-order valence-electron chi connectivity index (χ4n) is 4.46. The molecular formula is C19H34N4O3. The van der Waals surface area contributed by atoms with Gasteiger partial charge in [0.2, 0.25) is 11.8 Å². The Bertz CT molecular complexity index is 471. The van der Waals surface area contributed by atoms with Gasteiger partial charge in [-0.3, -0.25) is 19.4 Å². The highest BCUT2D eigenvalue weighted by atomic mass is 16.3. The van der Waals surface area contributed by atoms with Gasteiger partial charge in [0, 0.05) is 77.8 Å². The first-order valence-electron chi connectivity index (χ1n) is 10.3. The Morgan fingerprint density at radius 3 is 2.35 bits per heavy atom. The first kappa shape index (κ1) is 19.6. The van der Waals surface area contributed by atoms with Gasteiger partial charge in [0.1, 0.15) is 0 Å². The van der Waals surface area contributed by atoms with Crippen LogP contribution in [0.2, 0.25) is 0 Å². The van der Waals surface area contributed by atoms with Gasteiger partial charge in [0.05, 0.1) is 6.61 Å². The maximum Gasteiger partial charge on any atom is 0.224 e. The summed E-state index contributed by atoms with van der Waals surface area (Å²) < 4.78 is 0. The van der Waals surface area contributed by atoms with Gasteiger partial charge in [-0.2, -0.15) is 0 Å². The van der Waals surface area contributed by atoms with E-state index < -0.39 is 0 Å². The molecule has 0 aliphatic carbocycles. The van der Waals surface area contributed by atoms with E-state index in [4.69, 9.17) is 5.11 Å². The standard InChI is InChI=1S/C19H34N4O3/c24-16-15-20-11-13-21(14-12-20)17-4-8-23(9-5-17)19(26)6-10-22-7-2-1-3-18(22)25/h17,24H,1-16H2. The molecule has 3 heterocycles. The lowest BCUT2D eigenvalue weighted by atomic mass is 10.0. The van der Waals surface area contributed by atoms with Gasteiger partial charge in [0.25, 0.3) is 0 Å². The average Bonchev–Trinajstić information content (AvgIpc) is 2.68. The molecule has 26 heavy (non-hydrogen) atoms. The lowest BCUT2D eigenvalue weighted by Gasteiger charge is -2.42. The highest BCUT2D eigenvalue weighted by Gasteiger charge is 2.29. The molecule has 0 bridgehead atoms. The van der Waals surface area contributed by atoms with E-state index in [2.05, 4.69) is 9.80 Å². The van der Waals surface area contributed by atoms with E-state index in [9.17, 15) is 9.59 Å². The predicted octanol–water partition coefficient (Wildman–Crippen LogP) is -0.0101. The van der Waals surface area contributed by atoms with Crippen LogP contribution in [0.4, 0.5) is 0 Å². The molecule has 3 aliphatic heterocycles. The quantitative estimate of drug-likeness (QED) is 0.716. The Labute approximate surface area is 156 Å². The van der Waals surface area contributed by atoms with E-state index in [0.29, 0.717) is 25.4 Å². The smallest absolute Gasteiger partial charge is 0.224 e. The maximum absolute atomic E-state index is 12.5. The third-order valence-corrected chi connectivity index (χ3v) is 6.17. The largest absolute Gasteiger partial charge is 0.395 e. The minimum Gasteiger partial charge on any atom is -0.395 e. The normalized spacial score (nSPS) is 24.3. The number of β-amino-alcohol motifs (C(OH)–C–C–N with tert-alkyl or cyclic N) is 1. The number of likely N-dealkylation sites (tertiary alicyclic amines) is 2. The van der Waals surface area contributed by atoms with E-state index in [1.54, 1.807) is 0 Å². The summed E-state index contributed by atoms with van der Waals surface area (Å²) in [5, 5.41) is 9.04. The molecule has 0 aromatic heterocycles. The number of carbonyl (C=O) groups is 2. The van der Waals surface area contributed by atoms with Gasteiger partial charge in [0.15, 0.2) is 0 Å². The van der Waals surface area contributed by atoms with Gasteiger partial charge >= 0.3 is 0 Å². The Balaban J connectivity index is 1.35. The predicted molar refractivity (Wildman–Crippen MR) is 99.7 cm³/mol. The van der Waals surface area contributed by atoms with Crippen molar-refractivity contribution >= 4 is 11.8 Å². The second-order valence-corrected chi connectivity index (χ2v) is 7.80. The average molecular weight is 367 g/mol. The number of aliphatic hydroxyl groups is 1. The molecule has 3 rings (SSSR count). The molecule has 0 spiro atoms. The van der Waals surface area contributed by atoms with E-state index in [-0.39, 0.29) is 18.4 Å². The summed E-state index contributed by atoms with van der Waals surface area (Å²) in [4.78, 5) is 33.1. The Kier molecular flexibility index (Phi) is 7.28. The van der Waals surface area contributed by atoms with Crippen LogP contribution in [0, 0.1) is 0 Å². The molecule has 1 N–H and O–H groups in total. The molecule has 0 aromatic carbocycles. The van der Waals surface area contributed by atoms with Crippen molar-refractivity contribution in [3.05, 3.63) is 0 Å². The van der Waals surface area contributed by atoms with Crippen molar-refractivity contribution in [1.29, 1.82) is 0 Å². The summed E-state index contributed by atoms with van der Waals surface area (Å²) in [6.45, 7) is 8.30. The summed E-state index contributed by atoms with van der Waals surface area (Å²) >= 11 is 0. The van der Waals surface area contributed by atoms with Crippen LogP contribution in [0.25, 0.3) is 0 Å². The van der Waals surface area contributed by atoms with Crippen LogP contribution in [0.1, 0.15) is 38.5 Å². The zero-order chi connectivity index (χ0) is 18.4. The molecule has 0 unspecified atom stereocenters. The molecular weight excluding hydrogens is 332 g/mol. The molecule has 2 amide bonds. The minimum absolute atomic E-state index is 0.203. The Hall–Kier alpha value is -1.18. The summed E-state index contributed by atoms with van der Waals surface area (Å²) in [6, 6.07) is 0.582. The third-order valence-electron chi connectivity index (χ3n) is 6.17. The molecule has 0 aromatic rings. The van der Waals surface area contributed by atoms with Crippen LogP contribution >= 0.6 is 0 Å². The molecule has 3 aliphatic rings. The van der Waals surface area contributed by atoms with E-state index >= 15 is 0 Å². The van der Waals surface area contributed by atoms with Crippen molar-refractivity contribution in [2.75, 3.05) is 65.5 Å². The molecule has 7 nitrogen and oxygen atoms in total. The zero-order valence-electron chi connectivity index (χ0n) is 15.9. The first-order valence-corrected chi connectivity index (χ1v) is 10.3. The van der Waals surface area contributed by atoms with Gasteiger partial charge in [-0.15, -0.1) is 0 Å². The van der Waals surface area contributed by atoms with Crippen LogP contribution < -0.4 is 0 Å². The fourth-order valence-corrected chi connectivity index (χ4v) is 4.46. The van der Waals surface area contributed by atoms with Crippen molar-refractivity contribution in [3.63, 3.8) is 0 Å². The minimum atomic E-state index is 0.203. The lowest BCUT2D eigenvalue weighted by molar-refractivity contribution is -0.136. The summed E-state index contributed by atoms with van der Waals surface area (Å²) in [6.07, 6.45) is 5.27. The second-order valence-electron chi connectivity index (χ2n) is 7.80. The van der Waals surface area contributed by atoms with Crippen LogP contribution in [0.5, 0.6) is 0 Å². The number of hydrogen-bond acceptors (Lipinski definition) is 5. The molecule has 3 fully saturated rings. The van der Waals surface area contributed by atoms with Gasteiger partial charge in [-0.25, -0.2) is 0 Å². The van der Waals surface area contributed by atoms with Crippen molar-refractivity contribution < 1.29 is 14.7 Å². The number of piperidine rings is 2. The number of amides is 2. The summed E-state index contributed by atoms with van der Waals surface area (Å²) in [5.41, 5.74) is 0. The highest BCUT2D eigenvalue weighted by Crippen LogP contribution is 2.19. The number of aliphatic hydroxyl groups excluding tert-OH is 1. The number of carbonyl (C=O) groups excluding carboxylic acids is 2. The van der Waals surface area contributed by atoms with Gasteiger partial charge in [-0.1, -0.05) is 0 Å². The van der Waals surface area contributed by atoms with Crippen LogP contribution in [0.3, 0.4) is 0 Å². The number of rotatable bonds is 6. The fraction of sp³-hybridized carbons (Fsp3) is 0.895. The molecule has 0 atom stereocenters. The van der Waals surface area contributed by atoms with Crippen molar-refractivity contribution in [3.8, 4) is 0 Å². The van der Waals surface area contributed by atoms with Gasteiger partial charge < -0.3 is 14.9 Å². The SMILES string of the molecule is O=C1CCCCN1CCC(=O)N1CCC(N2CCN(CCO)CC2)CC1. The van der Waals surface area contributed by atoms with Crippen LogP contribution in [-0.4, -0.2) is 108 Å². The zero-order valence-corrected chi connectivity index (χ0v) is 15.9. The van der Waals surface area contributed by atoms with Gasteiger partial charge in [-0.05, 0) is 25.7 Å². The molecule has 0 saturated carbocycles. The third kappa shape index (κ3) is 5.18. The molecule has 148 valence electrons. The Morgan fingerprint density at radius 1 is 0.962 bits per heavy atom. The van der Waals surface area contributed by atoms with E-state index in [1.165, 1.54) is 0 Å². The van der Waals surface area contributed by atoms with Crippen molar-refractivity contribution in [2.45, 2.75) is 44.6 Å². The maximum atomic E-state index is 12.5. The molecule has 3 saturated heterocycles. The second kappa shape index (κ2) is 9.67. The van der Waals surface area contributed by atoms with E-state index in [0.717, 1.165) is 78.0 Å².